The highest BCUT2D eigenvalue weighted by atomic mass is 32.2. The Hall–Kier alpha value is -2.61. The van der Waals surface area contributed by atoms with Gasteiger partial charge in [-0.25, -0.2) is 4.98 Å². The zero-order chi connectivity index (χ0) is 19.2. The monoisotopic (exact) mass is 391 g/mol. The molecule has 8 heteroatoms. The van der Waals surface area contributed by atoms with E-state index in [9.17, 15) is 8.78 Å². The van der Waals surface area contributed by atoms with Gasteiger partial charge in [0.25, 0.3) is 0 Å². The molecule has 0 spiro atoms. The van der Waals surface area contributed by atoms with Crippen LogP contribution in [0, 0.1) is 0 Å². The van der Waals surface area contributed by atoms with Gasteiger partial charge >= 0.3 is 6.61 Å². The summed E-state index contributed by atoms with van der Waals surface area (Å²) < 4.78 is 34.3. The second-order valence-corrected chi connectivity index (χ2v) is 6.61. The Morgan fingerprint density at radius 2 is 1.81 bits per heavy atom. The van der Waals surface area contributed by atoms with E-state index in [-0.39, 0.29) is 11.5 Å². The first-order valence-corrected chi connectivity index (χ1v) is 9.34. The molecule has 0 unspecified atom stereocenters. The molecule has 0 amide bonds. The van der Waals surface area contributed by atoms with Crippen LogP contribution in [0.1, 0.15) is 18.1 Å². The molecule has 5 nitrogen and oxygen atoms in total. The van der Waals surface area contributed by atoms with Crippen LogP contribution in [-0.2, 0) is 12.2 Å². The number of benzene rings is 2. The zero-order valence-electron chi connectivity index (χ0n) is 14.9. The number of halogens is 2. The Bertz CT molecular complexity index is 885. The van der Waals surface area contributed by atoms with Crippen molar-refractivity contribution in [3.8, 4) is 22.9 Å². The van der Waals surface area contributed by atoms with Crippen molar-refractivity contribution in [2.45, 2.75) is 30.9 Å². The number of hydrogen-bond donors (Lipinski definition) is 1. The van der Waals surface area contributed by atoms with Gasteiger partial charge in [-0.3, -0.25) is 5.10 Å². The Kier molecular flexibility index (Phi) is 6.28. The predicted molar refractivity (Wildman–Crippen MR) is 100 cm³/mol. The highest BCUT2D eigenvalue weighted by molar-refractivity contribution is 7.98. The molecule has 0 saturated heterocycles. The minimum Gasteiger partial charge on any atom is -0.493 e. The van der Waals surface area contributed by atoms with Gasteiger partial charge in [-0.05, 0) is 29.7 Å². The van der Waals surface area contributed by atoms with Crippen LogP contribution >= 0.6 is 11.8 Å². The maximum Gasteiger partial charge on any atom is 0.387 e. The highest BCUT2D eigenvalue weighted by Gasteiger charge is 2.12. The number of rotatable bonds is 8. The van der Waals surface area contributed by atoms with Gasteiger partial charge in [-0.15, -0.1) is 5.10 Å². The fraction of sp³-hybridized carbons (Fsp3) is 0.263. The SMILES string of the molecule is CCc1ccc(-c2nc(SCc3ccc(OC(F)F)c(OC)c3)n[nH]2)cc1. The Labute approximate surface area is 160 Å². The van der Waals surface area contributed by atoms with E-state index in [1.165, 1.54) is 30.5 Å². The minimum atomic E-state index is -2.89. The molecule has 0 fully saturated rings. The van der Waals surface area contributed by atoms with Crippen LogP contribution in [0.25, 0.3) is 11.4 Å². The summed E-state index contributed by atoms with van der Waals surface area (Å²) in [6.45, 7) is -0.781. The fourth-order valence-corrected chi connectivity index (χ4v) is 3.22. The van der Waals surface area contributed by atoms with Crippen molar-refractivity contribution >= 4 is 11.8 Å². The Morgan fingerprint density at radius 3 is 2.48 bits per heavy atom. The van der Waals surface area contributed by atoms with E-state index in [4.69, 9.17) is 4.74 Å². The molecule has 0 radical (unpaired) electrons. The molecule has 0 atom stereocenters. The van der Waals surface area contributed by atoms with E-state index in [0.717, 1.165) is 17.5 Å². The lowest BCUT2D eigenvalue weighted by Gasteiger charge is -2.10. The van der Waals surface area contributed by atoms with Gasteiger partial charge in [-0.2, -0.15) is 8.78 Å². The number of ether oxygens (including phenoxy) is 2. The molecule has 0 aliphatic carbocycles. The summed E-state index contributed by atoms with van der Waals surface area (Å²) >= 11 is 1.44. The van der Waals surface area contributed by atoms with E-state index >= 15 is 0 Å². The number of nitrogens with zero attached hydrogens (tertiary/aromatic N) is 2. The second-order valence-electron chi connectivity index (χ2n) is 5.67. The topological polar surface area (TPSA) is 60.0 Å². The molecule has 1 aromatic heterocycles. The minimum absolute atomic E-state index is 0.0111. The lowest BCUT2D eigenvalue weighted by Crippen LogP contribution is -2.03. The van der Waals surface area contributed by atoms with Crippen LogP contribution in [0.2, 0.25) is 0 Å². The van der Waals surface area contributed by atoms with Gasteiger partial charge in [-0.1, -0.05) is 49.0 Å². The molecule has 1 N–H and O–H groups in total. The quantitative estimate of drug-likeness (QED) is 0.552. The van der Waals surface area contributed by atoms with Crippen molar-refractivity contribution in [1.29, 1.82) is 0 Å². The summed E-state index contributed by atoms with van der Waals surface area (Å²) in [5, 5.41) is 7.77. The van der Waals surface area contributed by atoms with Gasteiger partial charge in [0, 0.05) is 11.3 Å². The molecule has 0 aliphatic rings. The van der Waals surface area contributed by atoms with Gasteiger partial charge in [0.15, 0.2) is 17.3 Å². The molecule has 27 heavy (non-hydrogen) atoms. The molecule has 1 heterocycles. The third-order valence-corrected chi connectivity index (χ3v) is 4.83. The van der Waals surface area contributed by atoms with Gasteiger partial charge in [0.1, 0.15) is 0 Å². The first-order valence-electron chi connectivity index (χ1n) is 8.35. The molecule has 3 aromatic rings. The van der Waals surface area contributed by atoms with Gasteiger partial charge in [0.2, 0.25) is 5.16 Å². The van der Waals surface area contributed by atoms with Crippen LogP contribution in [0.3, 0.4) is 0 Å². The lowest BCUT2D eigenvalue weighted by molar-refractivity contribution is -0.0512. The van der Waals surface area contributed by atoms with Crippen LogP contribution in [-0.4, -0.2) is 28.9 Å². The summed E-state index contributed by atoms with van der Waals surface area (Å²) in [6, 6.07) is 13.0. The molecule has 3 rings (SSSR count). The molecule has 0 saturated carbocycles. The van der Waals surface area contributed by atoms with E-state index in [1.807, 2.05) is 12.1 Å². The number of nitrogens with one attached hydrogen (secondary N) is 1. The molecule has 2 aromatic carbocycles. The molecule has 0 aliphatic heterocycles. The number of aromatic amines is 1. The van der Waals surface area contributed by atoms with Gasteiger partial charge in [0.05, 0.1) is 7.11 Å². The summed E-state index contributed by atoms with van der Waals surface area (Å²) in [6.07, 6.45) is 0.988. The maximum atomic E-state index is 12.4. The molecule has 0 bridgehead atoms. The van der Waals surface area contributed by atoms with Crippen LogP contribution in [0.15, 0.2) is 47.6 Å². The van der Waals surface area contributed by atoms with Crippen molar-refractivity contribution in [2.75, 3.05) is 7.11 Å². The molecular weight excluding hydrogens is 372 g/mol. The predicted octanol–water partition coefficient (Wildman–Crippen LogP) is 4.94. The number of H-pyrrole nitrogens is 1. The highest BCUT2D eigenvalue weighted by Crippen LogP contribution is 2.31. The number of alkyl halides is 2. The summed E-state index contributed by atoms with van der Waals surface area (Å²) in [5.41, 5.74) is 3.12. The van der Waals surface area contributed by atoms with E-state index < -0.39 is 6.61 Å². The van der Waals surface area contributed by atoms with Crippen LogP contribution in [0.4, 0.5) is 8.78 Å². The van der Waals surface area contributed by atoms with Crippen molar-refractivity contribution in [1.82, 2.24) is 15.2 Å². The number of aryl methyl sites for hydroxylation is 1. The smallest absolute Gasteiger partial charge is 0.387 e. The third kappa shape index (κ3) is 4.97. The van der Waals surface area contributed by atoms with E-state index in [1.54, 1.807) is 12.1 Å². The molecule has 142 valence electrons. The average Bonchev–Trinajstić information content (AvgIpc) is 3.16. The zero-order valence-corrected chi connectivity index (χ0v) is 15.7. The van der Waals surface area contributed by atoms with Crippen molar-refractivity contribution < 1.29 is 18.3 Å². The summed E-state index contributed by atoms with van der Waals surface area (Å²) in [7, 11) is 1.41. The van der Waals surface area contributed by atoms with Crippen molar-refractivity contribution in [2.24, 2.45) is 0 Å². The van der Waals surface area contributed by atoms with E-state index in [0.29, 0.717) is 16.7 Å². The molecular formula is C19H19F2N3O2S. The maximum absolute atomic E-state index is 12.4. The van der Waals surface area contributed by atoms with Crippen LogP contribution < -0.4 is 9.47 Å². The summed E-state index contributed by atoms with van der Waals surface area (Å²) in [4.78, 5) is 4.49. The van der Waals surface area contributed by atoms with E-state index in [2.05, 4.69) is 39.0 Å². The second kappa shape index (κ2) is 8.85. The fourth-order valence-electron chi connectivity index (χ4n) is 2.48. The van der Waals surface area contributed by atoms with Crippen LogP contribution in [0.5, 0.6) is 11.5 Å². The first-order chi connectivity index (χ1) is 13.1. The standard InChI is InChI=1S/C19H19F2N3O2S/c1-3-12-4-7-14(8-5-12)17-22-19(24-23-17)27-11-13-6-9-15(26-18(20)21)16(10-13)25-2/h4-10,18H,3,11H2,1-2H3,(H,22,23,24). The van der Waals surface area contributed by atoms with Gasteiger partial charge < -0.3 is 9.47 Å². The third-order valence-electron chi connectivity index (χ3n) is 3.91. The van der Waals surface area contributed by atoms with Crippen molar-refractivity contribution in [3.05, 3.63) is 53.6 Å². The number of aromatic nitrogens is 3. The summed E-state index contributed by atoms with van der Waals surface area (Å²) in [5.74, 6) is 1.55. The number of thioether (sulfide) groups is 1. The Morgan fingerprint density at radius 1 is 1.07 bits per heavy atom. The first kappa shape index (κ1) is 19.2. The normalized spacial score (nSPS) is 11.0. The number of hydrogen-bond acceptors (Lipinski definition) is 5. The largest absolute Gasteiger partial charge is 0.493 e. The Balaban J connectivity index is 1.65. The average molecular weight is 391 g/mol. The number of methoxy groups -OCH3 is 1. The van der Waals surface area contributed by atoms with Crippen molar-refractivity contribution in [3.63, 3.8) is 0 Å². The lowest BCUT2D eigenvalue weighted by atomic mass is 10.1.